The van der Waals surface area contributed by atoms with Crippen LogP contribution in [0.15, 0.2) is 0 Å². The number of rotatable bonds is 12. The molecule has 3 nitrogen and oxygen atoms in total. The maximum absolute atomic E-state index is 9.80. The maximum atomic E-state index is 9.80. The second-order valence-corrected chi connectivity index (χ2v) is 5.29. The molecule has 0 aliphatic carbocycles. The molecule has 0 atom stereocenters. The third-order valence-electron chi connectivity index (χ3n) is 2.99. The molecule has 0 saturated carbocycles. The van der Waals surface area contributed by atoms with E-state index < -0.39 is 0 Å². The number of unbranched alkanes of at least 4 members (excludes halogenated alkanes) is 9. The first-order valence-corrected chi connectivity index (χ1v) is 11.3. The summed E-state index contributed by atoms with van der Waals surface area (Å²) in [5.74, 6) is 0. The van der Waals surface area contributed by atoms with Crippen molar-refractivity contribution in [1.82, 2.24) is 0 Å². The molecule has 0 amide bonds. The van der Waals surface area contributed by atoms with Gasteiger partial charge in [-0.1, -0.05) is 97.8 Å². The Morgan fingerprint density at radius 3 is 0.826 bits per heavy atom. The van der Waals surface area contributed by atoms with Crippen LogP contribution in [0, 0.1) is 0 Å². The van der Waals surface area contributed by atoms with Crippen LogP contribution < -0.4 is 15.3 Å². The molecule has 23 heavy (non-hydrogen) atoms. The van der Waals surface area contributed by atoms with E-state index in [9.17, 15) is 15.3 Å². The number of hydrogen-bond donors (Lipinski definition) is 0. The molecule has 0 aromatic carbocycles. The van der Waals surface area contributed by atoms with E-state index in [0.29, 0.717) is 0 Å². The van der Waals surface area contributed by atoms with Crippen molar-refractivity contribution >= 4 is 9.30 Å². The summed E-state index contributed by atoms with van der Waals surface area (Å²) in [4.78, 5) is 0. The van der Waals surface area contributed by atoms with Gasteiger partial charge in [0.1, 0.15) is 0 Å². The predicted octanol–water partition coefficient (Wildman–Crippen LogP) is 3.47. The van der Waals surface area contributed by atoms with E-state index in [0.717, 1.165) is 38.5 Å². The standard InChI is InChI=1S/3C6H13O.ClH.Ti/c3*1-2-3-4-5-6-7;;/h3*2-6H2,1H3;1H;/q3*-1;;+4/p-1. The van der Waals surface area contributed by atoms with Crippen LogP contribution in [0.25, 0.3) is 0 Å². The van der Waals surface area contributed by atoms with Gasteiger partial charge in [-0.15, -0.1) is 19.8 Å². The molecule has 0 fully saturated rings. The molecule has 0 saturated heterocycles. The molecule has 0 rings (SSSR count). The van der Waals surface area contributed by atoms with E-state index >= 15 is 0 Å². The van der Waals surface area contributed by atoms with Crippen LogP contribution >= 0.6 is 9.30 Å². The van der Waals surface area contributed by atoms with Gasteiger partial charge in [-0.25, -0.2) is 0 Å². The van der Waals surface area contributed by atoms with Crippen LogP contribution in [0.1, 0.15) is 97.8 Å². The Morgan fingerprint density at radius 1 is 0.478 bits per heavy atom. The summed E-state index contributed by atoms with van der Waals surface area (Å²) in [5, 5.41) is 29.4. The first-order chi connectivity index (χ1) is 11.2. The second kappa shape index (κ2) is 43.4. The van der Waals surface area contributed by atoms with Gasteiger partial charge in [0.05, 0.1) is 0 Å². The zero-order valence-corrected chi connectivity index (χ0v) is 18.0. The van der Waals surface area contributed by atoms with Gasteiger partial charge in [0.25, 0.3) is 0 Å². The molecule has 0 radical (unpaired) electrons. The average Bonchev–Trinajstić information content (AvgIpc) is 2.59. The Balaban J connectivity index is -0.000000111. The molecule has 140 valence electrons. The van der Waals surface area contributed by atoms with Crippen molar-refractivity contribution in [2.75, 3.05) is 19.8 Å². The second-order valence-electron chi connectivity index (χ2n) is 5.29. The molecule has 0 aliphatic rings. The third-order valence-corrected chi connectivity index (χ3v) is 2.99. The Morgan fingerprint density at radius 2 is 0.696 bits per heavy atom. The topological polar surface area (TPSA) is 69.2 Å². The summed E-state index contributed by atoms with van der Waals surface area (Å²) in [6.07, 6.45) is 13.3. The van der Waals surface area contributed by atoms with Crippen LogP contribution in [0.4, 0.5) is 0 Å². The van der Waals surface area contributed by atoms with Crippen LogP contribution in [-0.2, 0) is 19.4 Å². The molecule has 0 aliphatic heterocycles. The summed E-state index contributed by atoms with van der Waals surface area (Å²) < 4.78 is 0. The molecule has 0 unspecified atom stereocenters. The average molecular weight is 387 g/mol. The number of hydrogen-bond acceptors (Lipinski definition) is 3. The van der Waals surface area contributed by atoms with Crippen LogP contribution in [0.3, 0.4) is 0 Å². The van der Waals surface area contributed by atoms with E-state index in [1.807, 2.05) is 0 Å². The van der Waals surface area contributed by atoms with Crippen molar-refractivity contribution in [3.05, 3.63) is 0 Å². The number of halogens is 1. The van der Waals surface area contributed by atoms with Gasteiger partial charge in [-0.3, -0.25) is 0 Å². The molecule has 0 bridgehead atoms. The van der Waals surface area contributed by atoms with Crippen molar-refractivity contribution in [2.45, 2.75) is 97.8 Å². The Hall–Kier alpha value is 0.884. The van der Waals surface area contributed by atoms with Crippen molar-refractivity contribution in [3.63, 3.8) is 0 Å². The first kappa shape index (κ1) is 31.6. The monoisotopic (exact) mass is 386 g/mol. The minimum atomic E-state index is 0.111. The molecule has 0 spiro atoms. The quantitative estimate of drug-likeness (QED) is 0.381. The van der Waals surface area contributed by atoms with Gasteiger partial charge in [0.2, 0.25) is 0 Å². The van der Waals surface area contributed by atoms with Crippen molar-refractivity contribution in [2.24, 2.45) is 0 Å². The van der Waals surface area contributed by atoms with Crippen LogP contribution in [0.5, 0.6) is 0 Å². The minimum absolute atomic E-state index is 0.111. The molecule has 5 heteroatoms. The predicted molar refractivity (Wildman–Crippen MR) is 92.9 cm³/mol. The van der Waals surface area contributed by atoms with Gasteiger partial charge in [-0.2, -0.15) is 0 Å². The Kier molecular flexibility index (Phi) is 59.7. The van der Waals surface area contributed by atoms with Gasteiger partial charge < -0.3 is 15.3 Å². The van der Waals surface area contributed by atoms with E-state index in [1.165, 1.54) is 57.9 Å². The van der Waals surface area contributed by atoms with Crippen molar-refractivity contribution in [1.29, 1.82) is 0 Å². The SMILES string of the molecule is CCCCCC[O-].CCCCCC[O-].CCCCCC[O-].[Cl][Ti+3]. The first-order valence-electron chi connectivity index (χ1n) is 9.18. The molecule has 0 heterocycles. The fraction of sp³-hybridized carbons (Fsp3) is 1.00. The zero-order valence-electron chi connectivity index (χ0n) is 15.7. The van der Waals surface area contributed by atoms with Crippen LogP contribution in [-0.4, -0.2) is 19.8 Å². The van der Waals surface area contributed by atoms with Crippen molar-refractivity contribution < 1.29 is 34.7 Å². The van der Waals surface area contributed by atoms with E-state index in [-0.39, 0.29) is 19.8 Å². The molecular weight excluding hydrogens is 348 g/mol. The van der Waals surface area contributed by atoms with Gasteiger partial charge in [0.15, 0.2) is 0 Å². The molecule has 0 aromatic heterocycles. The summed E-state index contributed by atoms with van der Waals surface area (Å²) in [7, 11) is 4.64. The van der Waals surface area contributed by atoms with Gasteiger partial charge >= 0.3 is 28.7 Å². The van der Waals surface area contributed by atoms with Gasteiger partial charge in [-0.05, 0) is 0 Å². The van der Waals surface area contributed by atoms with E-state index in [2.05, 4.69) is 30.1 Å². The summed E-state index contributed by atoms with van der Waals surface area (Å²) >= 11 is 1.47. The van der Waals surface area contributed by atoms with Crippen LogP contribution in [0.2, 0.25) is 0 Å². The normalized spacial score (nSPS) is 8.91. The Bertz CT molecular complexity index is 106. The van der Waals surface area contributed by atoms with Gasteiger partial charge in [0, 0.05) is 0 Å². The zero-order chi connectivity index (χ0) is 18.6. The molecule has 0 N–H and O–H groups in total. The van der Waals surface area contributed by atoms with Crippen molar-refractivity contribution in [3.8, 4) is 0 Å². The van der Waals surface area contributed by atoms with E-state index in [4.69, 9.17) is 0 Å². The molecule has 0 aromatic rings. The summed E-state index contributed by atoms with van der Waals surface area (Å²) in [6, 6.07) is 0. The fourth-order valence-corrected chi connectivity index (χ4v) is 1.59. The summed E-state index contributed by atoms with van der Waals surface area (Å²) in [6.45, 7) is 6.76. The summed E-state index contributed by atoms with van der Waals surface area (Å²) in [5.41, 5.74) is 0. The Labute approximate surface area is 161 Å². The third kappa shape index (κ3) is 60.1. The molecular formula is C18H39ClO3Ti. The van der Waals surface area contributed by atoms with E-state index in [1.54, 1.807) is 0 Å². The fourth-order valence-electron chi connectivity index (χ4n) is 1.59.